The van der Waals surface area contributed by atoms with Crippen LogP contribution in [0.15, 0.2) is 48.7 Å². The minimum absolute atomic E-state index is 0.0385. The molecule has 1 amide bonds. The number of aromatic nitrogens is 1. The second kappa shape index (κ2) is 9.50. The molecule has 6 nitrogen and oxygen atoms in total. The number of ether oxygens (including phenoxy) is 1. The summed E-state index contributed by atoms with van der Waals surface area (Å²) in [6.07, 6.45) is 3.28. The number of para-hydroxylation sites is 1. The first-order chi connectivity index (χ1) is 13.6. The number of likely N-dealkylation sites (tertiary alicyclic amines) is 1. The van der Waals surface area contributed by atoms with Crippen LogP contribution in [-0.4, -0.2) is 48.2 Å². The molecule has 2 N–H and O–H groups in total. The molecular formula is C21H26N4O2S. The van der Waals surface area contributed by atoms with Gasteiger partial charge in [0.15, 0.2) is 5.11 Å². The highest BCUT2D eigenvalue weighted by Crippen LogP contribution is 2.30. The normalized spacial score (nSPS) is 15.6. The third-order valence-electron chi connectivity index (χ3n) is 5.09. The summed E-state index contributed by atoms with van der Waals surface area (Å²) in [4.78, 5) is 19.6. The van der Waals surface area contributed by atoms with Crippen LogP contribution >= 0.6 is 12.2 Å². The predicted molar refractivity (Wildman–Crippen MR) is 113 cm³/mol. The molecule has 1 aliphatic rings. The van der Waals surface area contributed by atoms with Gasteiger partial charge in [-0.2, -0.15) is 0 Å². The van der Waals surface area contributed by atoms with Crippen molar-refractivity contribution in [2.75, 3.05) is 27.2 Å². The number of piperidine rings is 1. The van der Waals surface area contributed by atoms with Crippen LogP contribution < -0.4 is 15.4 Å². The molecule has 28 heavy (non-hydrogen) atoms. The zero-order valence-electron chi connectivity index (χ0n) is 16.2. The Morgan fingerprint density at radius 2 is 1.93 bits per heavy atom. The average Bonchev–Trinajstić information content (AvgIpc) is 2.77. The van der Waals surface area contributed by atoms with Gasteiger partial charge in [-0.15, -0.1) is 0 Å². The fourth-order valence-electron chi connectivity index (χ4n) is 3.53. The van der Waals surface area contributed by atoms with Gasteiger partial charge in [0.05, 0.1) is 18.8 Å². The van der Waals surface area contributed by atoms with E-state index in [1.54, 1.807) is 13.3 Å². The van der Waals surface area contributed by atoms with Gasteiger partial charge in [0, 0.05) is 37.8 Å². The Labute approximate surface area is 171 Å². The molecule has 1 saturated heterocycles. The van der Waals surface area contributed by atoms with E-state index in [1.165, 1.54) is 0 Å². The zero-order valence-corrected chi connectivity index (χ0v) is 17.0. The first kappa shape index (κ1) is 20.1. The number of hydrogen-bond donors (Lipinski definition) is 2. The van der Waals surface area contributed by atoms with Crippen LogP contribution in [0.3, 0.4) is 0 Å². The van der Waals surface area contributed by atoms with Crippen LogP contribution in [-0.2, 0) is 4.79 Å². The molecule has 0 radical (unpaired) electrons. The van der Waals surface area contributed by atoms with E-state index in [2.05, 4.69) is 20.5 Å². The SMILES string of the molecule is CNC(=S)N1CCC(C(=O)NC(c2ccccn2)c2ccccc2OC)CC1. The second-order valence-electron chi connectivity index (χ2n) is 6.75. The van der Waals surface area contributed by atoms with Crippen molar-refractivity contribution in [3.8, 4) is 5.75 Å². The number of nitrogens with one attached hydrogen (secondary N) is 2. The highest BCUT2D eigenvalue weighted by atomic mass is 32.1. The summed E-state index contributed by atoms with van der Waals surface area (Å²) in [5, 5.41) is 6.94. The van der Waals surface area contributed by atoms with Crippen molar-refractivity contribution in [3.63, 3.8) is 0 Å². The van der Waals surface area contributed by atoms with Gasteiger partial charge in [0.25, 0.3) is 0 Å². The molecule has 0 saturated carbocycles. The molecule has 0 spiro atoms. The van der Waals surface area contributed by atoms with Gasteiger partial charge in [-0.3, -0.25) is 9.78 Å². The molecule has 0 aliphatic carbocycles. The lowest BCUT2D eigenvalue weighted by Crippen LogP contribution is -2.46. The third-order valence-corrected chi connectivity index (χ3v) is 5.55. The molecule has 2 heterocycles. The van der Waals surface area contributed by atoms with Gasteiger partial charge in [0.2, 0.25) is 5.91 Å². The number of methoxy groups -OCH3 is 1. The Balaban J connectivity index is 1.77. The lowest BCUT2D eigenvalue weighted by molar-refractivity contribution is -0.126. The van der Waals surface area contributed by atoms with Gasteiger partial charge in [-0.25, -0.2) is 0 Å². The Morgan fingerprint density at radius 1 is 1.21 bits per heavy atom. The monoisotopic (exact) mass is 398 g/mol. The van der Waals surface area contributed by atoms with E-state index in [4.69, 9.17) is 17.0 Å². The number of benzene rings is 1. The maximum absolute atomic E-state index is 13.1. The molecule has 1 unspecified atom stereocenters. The maximum atomic E-state index is 13.1. The summed E-state index contributed by atoms with van der Waals surface area (Å²) in [5.74, 6) is 0.723. The summed E-state index contributed by atoms with van der Waals surface area (Å²) in [6.45, 7) is 1.56. The van der Waals surface area contributed by atoms with Crippen LogP contribution in [0.2, 0.25) is 0 Å². The Bertz CT molecular complexity index is 807. The summed E-state index contributed by atoms with van der Waals surface area (Å²) in [7, 11) is 3.46. The quantitative estimate of drug-likeness (QED) is 0.755. The number of pyridine rings is 1. The van der Waals surface area contributed by atoms with E-state index in [0.717, 1.165) is 48.1 Å². The number of nitrogens with zero attached hydrogens (tertiary/aromatic N) is 2. The molecule has 148 valence electrons. The lowest BCUT2D eigenvalue weighted by atomic mass is 9.94. The molecular weight excluding hydrogens is 372 g/mol. The Kier molecular flexibility index (Phi) is 6.81. The van der Waals surface area contributed by atoms with Gasteiger partial charge in [0.1, 0.15) is 5.75 Å². The summed E-state index contributed by atoms with van der Waals surface area (Å²) < 4.78 is 5.52. The average molecular weight is 399 g/mol. The smallest absolute Gasteiger partial charge is 0.224 e. The van der Waals surface area contributed by atoms with Crippen LogP contribution in [0.5, 0.6) is 5.75 Å². The van der Waals surface area contributed by atoms with E-state index in [9.17, 15) is 4.79 Å². The van der Waals surface area contributed by atoms with Crippen molar-refractivity contribution < 1.29 is 9.53 Å². The number of carbonyl (C=O) groups is 1. The van der Waals surface area contributed by atoms with Gasteiger partial charge in [-0.1, -0.05) is 24.3 Å². The van der Waals surface area contributed by atoms with E-state index in [0.29, 0.717) is 0 Å². The molecule has 1 aromatic carbocycles. The molecule has 3 rings (SSSR count). The maximum Gasteiger partial charge on any atom is 0.224 e. The van der Waals surface area contributed by atoms with Gasteiger partial charge >= 0.3 is 0 Å². The van der Waals surface area contributed by atoms with Crippen molar-refractivity contribution in [1.82, 2.24) is 20.5 Å². The molecule has 0 bridgehead atoms. The van der Waals surface area contributed by atoms with Crippen molar-refractivity contribution in [1.29, 1.82) is 0 Å². The summed E-state index contributed by atoms with van der Waals surface area (Å²) in [6, 6.07) is 13.1. The lowest BCUT2D eigenvalue weighted by Gasteiger charge is -2.33. The molecule has 1 fully saturated rings. The number of thiocarbonyl (C=S) groups is 1. The van der Waals surface area contributed by atoms with E-state index >= 15 is 0 Å². The van der Waals surface area contributed by atoms with Crippen molar-refractivity contribution in [3.05, 3.63) is 59.9 Å². The van der Waals surface area contributed by atoms with Gasteiger partial charge in [-0.05, 0) is 43.3 Å². The van der Waals surface area contributed by atoms with Crippen molar-refractivity contribution in [2.45, 2.75) is 18.9 Å². The number of hydrogen-bond acceptors (Lipinski definition) is 4. The number of amides is 1. The largest absolute Gasteiger partial charge is 0.496 e. The first-order valence-electron chi connectivity index (χ1n) is 9.45. The molecule has 1 aliphatic heterocycles. The second-order valence-corrected chi connectivity index (χ2v) is 7.14. The van der Waals surface area contributed by atoms with Crippen LogP contribution in [0.4, 0.5) is 0 Å². The topological polar surface area (TPSA) is 66.5 Å². The Hall–Kier alpha value is -2.67. The Morgan fingerprint density at radius 3 is 2.57 bits per heavy atom. The highest BCUT2D eigenvalue weighted by molar-refractivity contribution is 7.80. The zero-order chi connectivity index (χ0) is 19.9. The number of carbonyl (C=O) groups excluding carboxylic acids is 1. The standard InChI is InChI=1S/C21H26N4O2S/c1-22-21(28)25-13-10-15(11-14-25)20(26)24-19(17-8-5-6-12-23-17)16-7-3-4-9-18(16)27-2/h3-9,12,15,19H,10-11,13-14H2,1-2H3,(H,22,28)(H,24,26). The molecule has 2 aromatic rings. The fourth-order valence-corrected chi connectivity index (χ4v) is 3.71. The molecule has 7 heteroatoms. The summed E-state index contributed by atoms with van der Waals surface area (Å²) in [5.41, 5.74) is 1.68. The van der Waals surface area contributed by atoms with Gasteiger partial charge < -0.3 is 20.3 Å². The minimum Gasteiger partial charge on any atom is -0.496 e. The van der Waals surface area contributed by atoms with E-state index in [1.807, 2.05) is 49.5 Å². The predicted octanol–water partition coefficient (Wildman–Crippen LogP) is 2.51. The van der Waals surface area contributed by atoms with Crippen LogP contribution in [0.25, 0.3) is 0 Å². The minimum atomic E-state index is -0.360. The van der Waals surface area contributed by atoms with Crippen molar-refractivity contribution in [2.24, 2.45) is 5.92 Å². The van der Waals surface area contributed by atoms with E-state index in [-0.39, 0.29) is 17.9 Å². The fraction of sp³-hybridized carbons (Fsp3) is 0.381. The first-order valence-corrected chi connectivity index (χ1v) is 9.85. The van der Waals surface area contributed by atoms with Crippen molar-refractivity contribution >= 4 is 23.2 Å². The van der Waals surface area contributed by atoms with Crippen LogP contribution in [0, 0.1) is 5.92 Å². The third kappa shape index (κ3) is 4.59. The number of rotatable bonds is 5. The molecule has 1 atom stereocenters. The highest BCUT2D eigenvalue weighted by Gasteiger charge is 2.29. The van der Waals surface area contributed by atoms with E-state index < -0.39 is 0 Å². The molecule has 1 aromatic heterocycles. The summed E-state index contributed by atoms with van der Waals surface area (Å²) >= 11 is 5.30. The van der Waals surface area contributed by atoms with Crippen LogP contribution in [0.1, 0.15) is 30.1 Å².